The standard InChI is InChI=1S/C16H21NO5/c1-4-6-9-21-16-13(11(7-5-2)22-17-16)14(18)15-12(19-3)8-10-20-15/h5,8,10,14,18H,2,4,6-7,9H2,1,3H3. The van der Waals surface area contributed by atoms with Crippen LogP contribution in [0.1, 0.15) is 43.0 Å². The zero-order chi connectivity index (χ0) is 15.9. The van der Waals surface area contributed by atoms with Gasteiger partial charge in [-0.25, -0.2) is 0 Å². The van der Waals surface area contributed by atoms with E-state index in [1.54, 1.807) is 12.1 Å². The first-order valence-electron chi connectivity index (χ1n) is 7.24. The van der Waals surface area contributed by atoms with Crippen LogP contribution in [0.2, 0.25) is 0 Å². The molecule has 22 heavy (non-hydrogen) atoms. The number of aromatic nitrogens is 1. The SMILES string of the molecule is C=CCc1onc(OCCCC)c1C(O)c1occc1OC. The average molecular weight is 307 g/mol. The topological polar surface area (TPSA) is 77.9 Å². The minimum absolute atomic E-state index is 0.274. The molecule has 2 heterocycles. The minimum atomic E-state index is -1.08. The molecule has 0 fully saturated rings. The van der Waals surface area contributed by atoms with Gasteiger partial charge in [0.05, 0.1) is 25.5 Å². The van der Waals surface area contributed by atoms with Gasteiger partial charge in [0.2, 0.25) is 0 Å². The second kappa shape index (κ2) is 7.70. The Kier molecular flexibility index (Phi) is 5.66. The highest BCUT2D eigenvalue weighted by atomic mass is 16.5. The largest absolute Gasteiger partial charge is 0.493 e. The van der Waals surface area contributed by atoms with E-state index in [2.05, 4.69) is 18.7 Å². The summed E-state index contributed by atoms with van der Waals surface area (Å²) in [6.07, 6.45) is 4.37. The molecule has 2 aromatic heterocycles. The summed E-state index contributed by atoms with van der Waals surface area (Å²) in [5, 5.41) is 14.5. The lowest BCUT2D eigenvalue weighted by molar-refractivity contribution is 0.175. The fourth-order valence-corrected chi connectivity index (χ4v) is 2.09. The van der Waals surface area contributed by atoms with Crippen molar-refractivity contribution in [3.8, 4) is 11.6 Å². The second-order valence-corrected chi connectivity index (χ2v) is 4.78. The minimum Gasteiger partial charge on any atom is -0.493 e. The number of allylic oxidation sites excluding steroid dienone is 1. The Balaban J connectivity index is 2.33. The van der Waals surface area contributed by atoms with E-state index in [1.807, 2.05) is 0 Å². The number of unbranched alkanes of at least 4 members (excludes halogenated alkanes) is 1. The predicted molar refractivity (Wildman–Crippen MR) is 80.1 cm³/mol. The highest BCUT2D eigenvalue weighted by Crippen LogP contribution is 2.37. The van der Waals surface area contributed by atoms with Crippen molar-refractivity contribution >= 4 is 0 Å². The van der Waals surface area contributed by atoms with Gasteiger partial charge in [-0.2, -0.15) is 0 Å². The Morgan fingerprint density at radius 3 is 3.00 bits per heavy atom. The first-order valence-corrected chi connectivity index (χ1v) is 7.24. The molecular weight excluding hydrogens is 286 g/mol. The molecular formula is C16H21NO5. The molecule has 1 unspecified atom stereocenters. The van der Waals surface area contributed by atoms with Gasteiger partial charge in [0.25, 0.3) is 5.88 Å². The number of methoxy groups -OCH3 is 1. The Labute approximate surface area is 129 Å². The van der Waals surface area contributed by atoms with Crippen molar-refractivity contribution in [1.29, 1.82) is 0 Å². The van der Waals surface area contributed by atoms with Gasteiger partial charge in [-0.15, -0.1) is 6.58 Å². The molecule has 0 aliphatic rings. The molecule has 0 saturated carbocycles. The Hall–Kier alpha value is -2.21. The third kappa shape index (κ3) is 3.33. The predicted octanol–water partition coefficient (Wildman–Crippen LogP) is 3.27. The van der Waals surface area contributed by atoms with Gasteiger partial charge >= 0.3 is 0 Å². The van der Waals surface area contributed by atoms with Crippen LogP contribution in [0.25, 0.3) is 0 Å². The van der Waals surface area contributed by atoms with Gasteiger partial charge in [-0.1, -0.05) is 19.4 Å². The van der Waals surface area contributed by atoms with Crippen LogP contribution < -0.4 is 9.47 Å². The number of hydrogen-bond donors (Lipinski definition) is 1. The summed E-state index contributed by atoms with van der Waals surface area (Å²) in [5.74, 6) is 1.51. The van der Waals surface area contributed by atoms with Crippen LogP contribution in [0.4, 0.5) is 0 Å². The molecule has 0 aliphatic heterocycles. The molecule has 1 N–H and O–H groups in total. The van der Waals surface area contributed by atoms with Crippen LogP contribution in [0, 0.1) is 0 Å². The van der Waals surface area contributed by atoms with Gasteiger partial charge in [0, 0.05) is 12.5 Å². The lowest BCUT2D eigenvalue weighted by atomic mass is 10.1. The summed E-state index contributed by atoms with van der Waals surface area (Å²) < 4.78 is 21.4. The van der Waals surface area contributed by atoms with E-state index in [1.165, 1.54) is 13.4 Å². The normalized spacial score (nSPS) is 12.1. The smallest absolute Gasteiger partial charge is 0.260 e. The molecule has 6 heteroatoms. The summed E-state index contributed by atoms with van der Waals surface area (Å²) in [5.41, 5.74) is 0.448. The third-order valence-corrected chi connectivity index (χ3v) is 3.23. The number of hydrogen-bond acceptors (Lipinski definition) is 6. The van der Waals surface area contributed by atoms with E-state index in [-0.39, 0.29) is 11.6 Å². The van der Waals surface area contributed by atoms with Crippen LogP contribution in [0.3, 0.4) is 0 Å². The van der Waals surface area contributed by atoms with Gasteiger partial charge in [0.1, 0.15) is 6.10 Å². The monoisotopic (exact) mass is 307 g/mol. The lowest BCUT2D eigenvalue weighted by Gasteiger charge is -2.11. The number of aliphatic hydroxyl groups is 1. The van der Waals surface area contributed by atoms with Crippen LogP contribution >= 0.6 is 0 Å². The molecule has 120 valence electrons. The Morgan fingerprint density at radius 1 is 1.50 bits per heavy atom. The van der Waals surface area contributed by atoms with Crippen molar-refractivity contribution in [2.75, 3.05) is 13.7 Å². The summed E-state index contributed by atoms with van der Waals surface area (Å²) in [6, 6.07) is 1.64. The molecule has 2 rings (SSSR count). The quantitative estimate of drug-likeness (QED) is 0.566. The third-order valence-electron chi connectivity index (χ3n) is 3.23. The summed E-state index contributed by atoms with van der Waals surface area (Å²) in [4.78, 5) is 0. The maximum atomic E-state index is 10.6. The molecule has 1 atom stereocenters. The molecule has 0 saturated heterocycles. The summed E-state index contributed by atoms with van der Waals surface area (Å²) in [6.45, 7) is 6.25. The zero-order valence-corrected chi connectivity index (χ0v) is 12.9. The number of furan rings is 1. The number of rotatable bonds is 9. The fourth-order valence-electron chi connectivity index (χ4n) is 2.09. The maximum Gasteiger partial charge on any atom is 0.260 e. The molecule has 6 nitrogen and oxygen atoms in total. The van der Waals surface area contributed by atoms with Gasteiger partial charge in [-0.05, 0) is 11.6 Å². The molecule has 0 bridgehead atoms. The van der Waals surface area contributed by atoms with Gasteiger partial charge in [0.15, 0.2) is 17.3 Å². The first-order chi connectivity index (χ1) is 10.7. The van der Waals surface area contributed by atoms with Crippen molar-refractivity contribution in [2.45, 2.75) is 32.3 Å². The van der Waals surface area contributed by atoms with Crippen molar-refractivity contribution in [3.05, 3.63) is 42.1 Å². The number of ether oxygens (including phenoxy) is 2. The highest BCUT2D eigenvalue weighted by molar-refractivity contribution is 5.40. The zero-order valence-electron chi connectivity index (χ0n) is 12.9. The Morgan fingerprint density at radius 2 is 2.32 bits per heavy atom. The molecule has 0 aliphatic carbocycles. The van der Waals surface area contributed by atoms with E-state index in [0.717, 1.165) is 12.8 Å². The number of nitrogens with zero attached hydrogens (tertiary/aromatic N) is 1. The summed E-state index contributed by atoms with van der Waals surface area (Å²) >= 11 is 0. The van der Waals surface area contributed by atoms with Crippen molar-refractivity contribution in [1.82, 2.24) is 5.16 Å². The van der Waals surface area contributed by atoms with Crippen LogP contribution in [-0.2, 0) is 6.42 Å². The van der Waals surface area contributed by atoms with Gasteiger partial charge in [-0.3, -0.25) is 0 Å². The van der Waals surface area contributed by atoms with E-state index >= 15 is 0 Å². The number of aliphatic hydroxyl groups excluding tert-OH is 1. The second-order valence-electron chi connectivity index (χ2n) is 4.78. The van der Waals surface area contributed by atoms with E-state index in [9.17, 15) is 5.11 Å². The van der Waals surface area contributed by atoms with E-state index < -0.39 is 6.10 Å². The molecule has 0 amide bonds. The summed E-state index contributed by atoms with van der Waals surface area (Å²) in [7, 11) is 1.51. The van der Waals surface area contributed by atoms with Crippen molar-refractivity contribution < 1.29 is 23.5 Å². The van der Waals surface area contributed by atoms with Crippen LogP contribution in [0.15, 0.2) is 33.9 Å². The van der Waals surface area contributed by atoms with Crippen LogP contribution in [0.5, 0.6) is 11.6 Å². The van der Waals surface area contributed by atoms with Crippen molar-refractivity contribution in [2.24, 2.45) is 0 Å². The lowest BCUT2D eigenvalue weighted by Crippen LogP contribution is -2.06. The van der Waals surface area contributed by atoms with Crippen molar-refractivity contribution in [3.63, 3.8) is 0 Å². The molecule has 0 aromatic carbocycles. The average Bonchev–Trinajstić information content (AvgIpc) is 3.14. The molecule has 0 spiro atoms. The Bertz CT molecular complexity index is 601. The highest BCUT2D eigenvalue weighted by Gasteiger charge is 2.29. The fraction of sp³-hybridized carbons (Fsp3) is 0.438. The van der Waals surface area contributed by atoms with Gasteiger partial charge < -0.3 is 23.5 Å². The van der Waals surface area contributed by atoms with Crippen LogP contribution in [-0.4, -0.2) is 24.0 Å². The molecule has 2 aromatic rings. The molecule has 0 radical (unpaired) electrons. The first kappa shape index (κ1) is 16.2. The van der Waals surface area contributed by atoms with E-state index in [4.69, 9.17) is 18.4 Å². The van der Waals surface area contributed by atoms with E-state index in [0.29, 0.717) is 30.1 Å². The maximum absolute atomic E-state index is 10.6.